The Bertz CT molecular complexity index is 1230. The topological polar surface area (TPSA) is 60.9 Å². The summed E-state index contributed by atoms with van der Waals surface area (Å²) in [5.41, 5.74) is 1.57. The maximum Gasteiger partial charge on any atom is 0.264 e. The fourth-order valence-electron chi connectivity index (χ4n) is 3.81. The molecule has 0 radical (unpaired) electrons. The van der Waals surface area contributed by atoms with Crippen molar-refractivity contribution in [2.24, 2.45) is 0 Å². The number of nitrogens with zero attached hydrogens (tertiary/aromatic N) is 3. The molecule has 0 bridgehead atoms. The van der Waals surface area contributed by atoms with E-state index in [1.807, 2.05) is 37.4 Å². The highest BCUT2D eigenvalue weighted by atomic mass is 35.5. The van der Waals surface area contributed by atoms with Crippen LogP contribution in [0.1, 0.15) is 15.9 Å². The van der Waals surface area contributed by atoms with Crippen LogP contribution < -0.4 is 4.31 Å². The predicted molar refractivity (Wildman–Crippen MR) is 131 cm³/mol. The lowest BCUT2D eigenvalue weighted by atomic mass is 10.2. The molecule has 33 heavy (non-hydrogen) atoms. The molecule has 0 aromatic heterocycles. The molecular formula is C25H26ClN3O3S. The second-order valence-corrected chi connectivity index (χ2v) is 10.3. The molecule has 3 aromatic carbocycles. The number of para-hydroxylation sites is 1. The molecule has 8 heteroatoms. The van der Waals surface area contributed by atoms with Gasteiger partial charge in [0.05, 0.1) is 22.2 Å². The lowest BCUT2D eigenvalue weighted by molar-refractivity contribution is 0.0664. The first kappa shape index (κ1) is 23.3. The van der Waals surface area contributed by atoms with Gasteiger partial charge >= 0.3 is 0 Å². The molecule has 4 rings (SSSR count). The number of carbonyl (C=O) groups excluding carboxylic acids is 1. The summed E-state index contributed by atoms with van der Waals surface area (Å²) in [5.74, 6) is -0.160. The maximum atomic E-state index is 13.8. The van der Waals surface area contributed by atoms with Crippen LogP contribution in [0, 0.1) is 0 Å². The monoisotopic (exact) mass is 483 g/mol. The second kappa shape index (κ2) is 9.95. The van der Waals surface area contributed by atoms with Gasteiger partial charge in [0.2, 0.25) is 0 Å². The molecule has 0 atom stereocenters. The van der Waals surface area contributed by atoms with Gasteiger partial charge in [-0.1, -0.05) is 60.1 Å². The molecule has 1 aliphatic heterocycles. The van der Waals surface area contributed by atoms with E-state index in [-0.39, 0.29) is 17.3 Å². The standard InChI is InChI=1S/C25H26ClN3O3S/c1-27-14-16-28(17-15-27)25(30)21-10-7-11-22(18-21)33(31,32)29(19-20-8-3-2-4-9-20)24-13-6-5-12-23(24)26/h2-13,18H,14-17,19H2,1H3. The average molecular weight is 484 g/mol. The Kier molecular flexibility index (Phi) is 7.02. The summed E-state index contributed by atoms with van der Waals surface area (Å²) >= 11 is 6.40. The predicted octanol–water partition coefficient (Wildman–Crippen LogP) is 4.12. The first-order valence-electron chi connectivity index (χ1n) is 10.8. The molecular weight excluding hydrogens is 458 g/mol. The first-order chi connectivity index (χ1) is 15.9. The second-order valence-electron chi connectivity index (χ2n) is 8.07. The number of benzene rings is 3. The SMILES string of the molecule is CN1CCN(C(=O)c2cccc(S(=O)(=O)N(Cc3ccccc3)c3ccccc3Cl)c2)CC1. The van der Waals surface area contributed by atoms with Crippen LogP contribution in [0.15, 0.2) is 83.8 Å². The van der Waals surface area contributed by atoms with Crippen LogP contribution >= 0.6 is 11.6 Å². The highest BCUT2D eigenvalue weighted by Crippen LogP contribution is 2.32. The summed E-state index contributed by atoms with van der Waals surface area (Å²) in [4.78, 5) is 17.0. The normalized spacial score (nSPS) is 14.8. The highest BCUT2D eigenvalue weighted by Gasteiger charge is 2.28. The largest absolute Gasteiger partial charge is 0.336 e. The summed E-state index contributed by atoms with van der Waals surface area (Å²) in [6, 6.07) is 22.5. The number of hydrogen-bond donors (Lipinski definition) is 0. The Hall–Kier alpha value is -2.87. The van der Waals surface area contributed by atoms with Gasteiger partial charge in [0, 0.05) is 31.7 Å². The van der Waals surface area contributed by atoms with E-state index in [1.165, 1.54) is 16.4 Å². The van der Waals surface area contributed by atoms with Crippen molar-refractivity contribution < 1.29 is 13.2 Å². The van der Waals surface area contributed by atoms with Gasteiger partial charge in [-0.25, -0.2) is 8.42 Å². The van der Waals surface area contributed by atoms with Crippen molar-refractivity contribution in [2.45, 2.75) is 11.4 Å². The number of halogens is 1. The van der Waals surface area contributed by atoms with Crippen molar-refractivity contribution in [3.8, 4) is 0 Å². The third-order valence-corrected chi connectivity index (χ3v) is 7.82. The van der Waals surface area contributed by atoms with Crippen molar-refractivity contribution >= 4 is 33.2 Å². The van der Waals surface area contributed by atoms with Gasteiger partial charge in [0.25, 0.3) is 15.9 Å². The summed E-state index contributed by atoms with van der Waals surface area (Å²) in [5, 5.41) is 0.335. The molecule has 172 valence electrons. The van der Waals surface area contributed by atoms with Gasteiger partial charge in [0.1, 0.15) is 0 Å². The molecule has 0 aliphatic carbocycles. The van der Waals surface area contributed by atoms with Crippen molar-refractivity contribution in [1.29, 1.82) is 0 Å². The summed E-state index contributed by atoms with van der Waals surface area (Å²) in [6.07, 6.45) is 0. The van der Waals surface area contributed by atoms with Gasteiger partial charge in [0.15, 0.2) is 0 Å². The number of likely N-dealkylation sites (N-methyl/N-ethyl adjacent to an activating group) is 1. The van der Waals surface area contributed by atoms with Crippen LogP contribution in [0.3, 0.4) is 0 Å². The molecule has 3 aromatic rings. The van der Waals surface area contributed by atoms with Crippen LogP contribution in [0.5, 0.6) is 0 Å². The van der Waals surface area contributed by atoms with Crippen molar-refractivity contribution in [1.82, 2.24) is 9.80 Å². The van der Waals surface area contributed by atoms with Crippen LogP contribution in [-0.2, 0) is 16.6 Å². The first-order valence-corrected chi connectivity index (χ1v) is 12.6. The number of amides is 1. The lowest BCUT2D eigenvalue weighted by Gasteiger charge is -2.32. The minimum absolute atomic E-state index is 0.0540. The molecule has 0 N–H and O–H groups in total. The molecule has 1 fully saturated rings. The zero-order chi connectivity index (χ0) is 23.4. The zero-order valence-electron chi connectivity index (χ0n) is 18.4. The van der Waals surface area contributed by atoms with E-state index in [9.17, 15) is 13.2 Å². The lowest BCUT2D eigenvalue weighted by Crippen LogP contribution is -2.47. The Morgan fingerprint density at radius 2 is 1.58 bits per heavy atom. The minimum atomic E-state index is -4.00. The Morgan fingerprint density at radius 3 is 2.27 bits per heavy atom. The van der Waals surface area contributed by atoms with Crippen LogP contribution in [0.4, 0.5) is 5.69 Å². The molecule has 6 nitrogen and oxygen atoms in total. The molecule has 1 aliphatic rings. The fraction of sp³-hybridized carbons (Fsp3) is 0.240. The minimum Gasteiger partial charge on any atom is -0.336 e. The number of carbonyl (C=O) groups is 1. The molecule has 1 saturated heterocycles. The Morgan fingerprint density at radius 1 is 0.909 bits per heavy atom. The van der Waals surface area contributed by atoms with E-state index < -0.39 is 10.0 Å². The maximum absolute atomic E-state index is 13.8. The van der Waals surface area contributed by atoms with Gasteiger partial charge in [-0.3, -0.25) is 9.10 Å². The van der Waals surface area contributed by atoms with E-state index in [4.69, 9.17) is 11.6 Å². The smallest absolute Gasteiger partial charge is 0.264 e. The van der Waals surface area contributed by atoms with E-state index in [1.54, 1.807) is 41.3 Å². The van der Waals surface area contributed by atoms with Crippen molar-refractivity contribution in [3.05, 3.63) is 95.0 Å². The quantitative estimate of drug-likeness (QED) is 0.529. The summed E-state index contributed by atoms with van der Waals surface area (Å²) < 4.78 is 28.9. The Balaban J connectivity index is 1.70. The summed E-state index contributed by atoms with van der Waals surface area (Å²) in [6.45, 7) is 2.93. The van der Waals surface area contributed by atoms with Crippen molar-refractivity contribution in [3.63, 3.8) is 0 Å². The van der Waals surface area contributed by atoms with E-state index >= 15 is 0 Å². The van der Waals surface area contributed by atoms with Gasteiger partial charge in [-0.05, 0) is 42.9 Å². The van der Waals surface area contributed by atoms with E-state index in [2.05, 4.69) is 4.90 Å². The summed E-state index contributed by atoms with van der Waals surface area (Å²) in [7, 11) is -1.98. The molecule has 1 amide bonds. The number of rotatable bonds is 6. The molecule has 1 heterocycles. The van der Waals surface area contributed by atoms with Crippen LogP contribution in [0.25, 0.3) is 0 Å². The Labute approximate surface area is 200 Å². The van der Waals surface area contributed by atoms with E-state index in [0.29, 0.717) is 29.4 Å². The van der Waals surface area contributed by atoms with Gasteiger partial charge in [-0.15, -0.1) is 0 Å². The average Bonchev–Trinajstić information content (AvgIpc) is 2.84. The van der Waals surface area contributed by atoms with Crippen molar-refractivity contribution in [2.75, 3.05) is 37.5 Å². The molecule has 0 spiro atoms. The highest BCUT2D eigenvalue weighted by molar-refractivity contribution is 7.92. The van der Waals surface area contributed by atoms with E-state index in [0.717, 1.165) is 18.7 Å². The number of hydrogen-bond acceptors (Lipinski definition) is 4. The van der Waals surface area contributed by atoms with Gasteiger partial charge in [-0.2, -0.15) is 0 Å². The third-order valence-electron chi connectivity index (χ3n) is 5.75. The third kappa shape index (κ3) is 5.21. The molecule has 0 saturated carbocycles. The molecule has 0 unspecified atom stereocenters. The number of sulfonamides is 1. The fourth-order valence-corrected chi connectivity index (χ4v) is 5.62. The van der Waals surface area contributed by atoms with Crippen LogP contribution in [0.2, 0.25) is 5.02 Å². The number of piperazine rings is 1. The number of anilines is 1. The zero-order valence-corrected chi connectivity index (χ0v) is 20.0. The van der Waals surface area contributed by atoms with Gasteiger partial charge < -0.3 is 9.80 Å². The van der Waals surface area contributed by atoms with Crippen LogP contribution in [-0.4, -0.2) is 57.4 Å².